The van der Waals surface area contributed by atoms with Gasteiger partial charge in [0.05, 0.1) is 11.6 Å². The zero-order valence-electron chi connectivity index (χ0n) is 6.77. The highest BCUT2D eigenvalue weighted by atomic mass is 16.4. The smallest absolute Gasteiger partial charge is 0.325 e. The molecule has 0 aliphatic carbocycles. The summed E-state index contributed by atoms with van der Waals surface area (Å²) < 4.78 is 0. The van der Waals surface area contributed by atoms with Crippen LogP contribution in [0.3, 0.4) is 0 Å². The summed E-state index contributed by atoms with van der Waals surface area (Å²) >= 11 is 0. The molecular formula is C9H8N2O2. The van der Waals surface area contributed by atoms with E-state index in [1.807, 2.05) is 6.07 Å². The number of nitriles is 1. The van der Waals surface area contributed by atoms with Gasteiger partial charge in [0.15, 0.2) is 0 Å². The van der Waals surface area contributed by atoms with Gasteiger partial charge < -0.3 is 10.8 Å². The van der Waals surface area contributed by atoms with Crippen LogP contribution in [-0.4, -0.2) is 11.1 Å². The maximum Gasteiger partial charge on any atom is 0.325 e. The van der Waals surface area contributed by atoms with Crippen molar-refractivity contribution < 1.29 is 9.90 Å². The minimum absolute atomic E-state index is 0.303. The molecule has 1 aromatic rings. The Kier molecular flexibility index (Phi) is 2.62. The molecule has 0 aliphatic heterocycles. The van der Waals surface area contributed by atoms with Crippen molar-refractivity contribution >= 4 is 5.97 Å². The number of nitrogens with zero attached hydrogens (tertiary/aromatic N) is 1. The Labute approximate surface area is 75.2 Å². The van der Waals surface area contributed by atoms with Crippen LogP contribution in [0.4, 0.5) is 0 Å². The molecule has 3 N–H and O–H groups in total. The van der Waals surface area contributed by atoms with E-state index in [-0.39, 0.29) is 0 Å². The van der Waals surface area contributed by atoms with Crippen molar-refractivity contribution in [1.29, 1.82) is 5.26 Å². The van der Waals surface area contributed by atoms with Crippen molar-refractivity contribution in [2.75, 3.05) is 0 Å². The Morgan fingerprint density at radius 3 is 2.69 bits per heavy atom. The number of carboxylic acid groups (broad SMARTS) is 1. The molecule has 0 unspecified atom stereocenters. The van der Waals surface area contributed by atoms with Gasteiger partial charge in [-0.25, -0.2) is 0 Å². The fraction of sp³-hybridized carbons (Fsp3) is 0.111. The molecule has 0 amide bonds. The lowest BCUT2D eigenvalue weighted by Gasteiger charge is -2.07. The van der Waals surface area contributed by atoms with Crippen LogP contribution in [0.15, 0.2) is 24.3 Å². The molecule has 1 atom stereocenters. The van der Waals surface area contributed by atoms with E-state index in [1.54, 1.807) is 12.1 Å². The highest BCUT2D eigenvalue weighted by molar-refractivity contribution is 5.76. The van der Waals surface area contributed by atoms with Crippen LogP contribution in [-0.2, 0) is 4.79 Å². The zero-order chi connectivity index (χ0) is 9.84. The highest BCUT2D eigenvalue weighted by Gasteiger charge is 2.16. The SMILES string of the molecule is N#Cc1ccccc1[C@H](N)C(=O)O. The largest absolute Gasteiger partial charge is 0.480 e. The lowest BCUT2D eigenvalue weighted by atomic mass is 10.0. The van der Waals surface area contributed by atoms with Gasteiger partial charge in [-0.05, 0) is 11.6 Å². The zero-order valence-corrected chi connectivity index (χ0v) is 6.77. The second kappa shape index (κ2) is 3.70. The first kappa shape index (κ1) is 9.23. The minimum Gasteiger partial charge on any atom is -0.480 e. The summed E-state index contributed by atoms with van der Waals surface area (Å²) in [5.74, 6) is -1.14. The normalized spacial score (nSPS) is 11.7. The van der Waals surface area contributed by atoms with Crippen LogP contribution in [0.5, 0.6) is 0 Å². The molecular weight excluding hydrogens is 168 g/mol. The number of nitrogens with two attached hydrogens (primary N) is 1. The molecule has 4 heteroatoms. The monoisotopic (exact) mass is 176 g/mol. The quantitative estimate of drug-likeness (QED) is 0.692. The van der Waals surface area contributed by atoms with Crippen LogP contribution < -0.4 is 5.73 Å². The predicted molar refractivity (Wildman–Crippen MR) is 45.7 cm³/mol. The number of rotatable bonds is 2. The molecule has 1 rings (SSSR count). The van der Waals surface area contributed by atoms with Crippen molar-refractivity contribution in [3.8, 4) is 6.07 Å². The molecule has 0 aromatic heterocycles. The van der Waals surface area contributed by atoms with E-state index >= 15 is 0 Å². The first-order valence-electron chi connectivity index (χ1n) is 3.64. The van der Waals surface area contributed by atoms with Crippen molar-refractivity contribution in [3.05, 3.63) is 35.4 Å². The molecule has 0 saturated carbocycles. The summed E-state index contributed by atoms with van der Waals surface area (Å²) in [7, 11) is 0. The molecule has 0 bridgehead atoms. The van der Waals surface area contributed by atoms with Crippen molar-refractivity contribution in [1.82, 2.24) is 0 Å². The number of carbonyl (C=O) groups is 1. The summed E-state index contributed by atoms with van der Waals surface area (Å²) in [4.78, 5) is 10.5. The first-order chi connectivity index (χ1) is 6.16. The molecule has 0 fully saturated rings. The molecule has 0 heterocycles. The van der Waals surface area contributed by atoms with E-state index in [0.29, 0.717) is 11.1 Å². The van der Waals surface area contributed by atoms with Crippen molar-refractivity contribution in [2.45, 2.75) is 6.04 Å². The van der Waals surface area contributed by atoms with E-state index in [0.717, 1.165) is 0 Å². The summed E-state index contributed by atoms with van der Waals surface area (Å²) in [6.45, 7) is 0. The second-order valence-corrected chi connectivity index (χ2v) is 2.51. The average Bonchev–Trinajstić information content (AvgIpc) is 2.16. The van der Waals surface area contributed by atoms with Gasteiger partial charge in [-0.1, -0.05) is 18.2 Å². The number of hydrogen-bond acceptors (Lipinski definition) is 3. The lowest BCUT2D eigenvalue weighted by Crippen LogP contribution is -2.21. The molecule has 1 aromatic carbocycles. The van der Waals surface area contributed by atoms with Gasteiger partial charge in [0.1, 0.15) is 6.04 Å². The first-order valence-corrected chi connectivity index (χ1v) is 3.64. The number of carboxylic acids is 1. The molecule has 13 heavy (non-hydrogen) atoms. The van der Waals surface area contributed by atoms with Crippen LogP contribution in [0, 0.1) is 11.3 Å². The standard InChI is InChI=1S/C9H8N2O2/c10-5-6-3-1-2-4-7(6)8(11)9(12)13/h1-4,8H,11H2,(H,12,13)/t8-/m0/s1. The Bertz CT molecular complexity index is 368. The van der Waals surface area contributed by atoms with Gasteiger partial charge in [0, 0.05) is 0 Å². The Morgan fingerprint density at radius 2 is 2.15 bits per heavy atom. The number of aliphatic carboxylic acids is 1. The van der Waals surface area contributed by atoms with Crippen molar-refractivity contribution in [3.63, 3.8) is 0 Å². The third-order valence-corrected chi connectivity index (χ3v) is 1.68. The second-order valence-electron chi connectivity index (χ2n) is 2.51. The van der Waals surface area contributed by atoms with Gasteiger partial charge in [-0.3, -0.25) is 4.79 Å². The van der Waals surface area contributed by atoms with Gasteiger partial charge >= 0.3 is 5.97 Å². The number of hydrogen-bond donors (Lipinski definition) is 2. The summed E-state index contributed by atoms with van der Waals surface area (Å²) in [6, 6.07) is 7.15. The summed E-state index contributed by atoms with van der Waals surface area (Å²) in [6.07, 6.45) is 0. The molecule has 0 radical (unpaired) electrons. The number of benzene rings is 1. The fourth-order valence-electron chi connectivity index (χ4n) is 1.00. The van der Waals surface area contributed by atoms with Crippen LogP contribution >= 0.6 is 0 Å². The molecule has 66 valence electrons. The maximum absolute atomic E-state index is 10.5. The average molecular weight is 176 g/mol. The molecule has 4 nitrogen and oxygen atoms in total. The van der Waals surface area contributed by atoms with Crippen LogP contribution in [0.2, 0.25) is 0 Å². The Morgan fingerprint density at radius 1 is 1.54 bits per heavy atom. The molecule has 0 spiro atoms. The van der Waals surface area contributed by atoms with Crippen molar-refractivity contribution in [2.24, 2.45) is 5.73 Å². The lowest BCUT2D eigenvalue weighted by molar-refractivity contribution is -0.138. The van der Waals surface area contributed by atoms with Crippen LogP contribution in [0.25, 0.3) is 0 Å². The minimum atomic E-state index is -1.14. The van der Waals surface area contributed by atoms with E-state index in [9.17, 15) is 4.79 Å². The van der Waals surface area contributed by atoms with E-state index in [4.69, 9.17) is 16.1 Å². The topological polar surface area (TPSA) is 87.1 Å². The Hall–Kier alpha value is -1.86. The molecule has 0 saturated heterocycles. The third-order valence-electron chi connectivity index (χ3n) is 1.68. The fourth-order valence-corrected chi connectivity index (χ4v) is 1.00. The van der Waals surface area contributed by atoms with Gasteiger partial charge in [-0.15, -0.1) is 0 Å². The van der Waals surface area contributed by atoms with Gasteiger partial charge in [0.25, 0.3) is 0 Å². The molecule has 0 aliphatic rings. The van der Waals surface area contributed by atoms with Gasteiger partial charge in [-0.2, -0.15) is 5.26 Å². The van der Waals surface area contributed by atoms with E-state index < -0.39 is 12.0 Å². The predicted octanol–water partition coefficient (Wildman–Crippen LogP) is 0.643. The summed E-state index contributed by atoms with van der Waals surface area (Å²) in [5, 5.41) is 17.3. The third kappa shape index (κ3) is 1.83. The highest BCUT2D eigenvalue weighted by Crippen LogP contribution is 2.14. The maximum atomic E-state index is 10.5. The van der Waals surface area contributed by atoms with Crippen LogP contribution in [0.1, 0.15) is 17.2 Å². The Balaban J connectivity index is 3.15. The van der Waals surface area contributed by atoms with E-state index in [1.165, 1.54) is 12.1 Å². The van der Waals surface area contributed by atoms with E-state index in [2.05, 4.69) is 0 Å². The summed E-state index contributed by atoms with van der Waals surface area (Å²) in [5.41, 5.74) is 6.01. The van der Waals surface area contributed by atoms with Gasteiger partial charge in [0.2, 0.25) is 0 Å².